The van der Waals surface area contributed by atoms with E-state index in [1.54, 1.807) is 11.3 Å². The number of hydrogen-bond donors (Lipinski definition) is 1. The number of alkyl halides is 1. The van der Waals surface area contributed by atoms with Crippen LogP contribution in [0.15, 0.2) is 4.79 Å². The molecular formula is C13H17ClN2OS. The molecule has 0 aromatic carbocycles. The lowest BCUT2D eigenvalue weighted by Gasteiger charge is -2.07. The molecule has 0 radical (unpaired) electrons. The van der Waals surface area contributed by atoms with Crippen LogP contribution in [0.2, 0.25) is 0 Å². The van der Waals surface area contributed by atoms with Crippen molar-refractivity contribution in [2.45, 2.75) is 45.4 Å². The summed E-state index contributed by atoms with van der Waals surface area (Å²) in [5.41, 5.74) is 1.04. The van der Waals surface area contributed by atoms with E-state index >= 15 is 0 Å². The highest BCUT2D eigenvalue weighted by Gasteiger charge is 2.18. The molecule has 0 bridgehead atoms. The molecule has 1 unspecified atom stereocenters. The number of fused-ring (bicyclic) bond motifs is 1. The number of aromatic nitrogens is 2. The van der Waals surface area contributed by atoms with Crippen LogP contribution in [-0.2, 0) is 0 Å². The monoisotopic (exact) mass is 284 g/mol. The number of aryl methyl sites for hydroxylation is 1. The van der Waals surface area contributed by atoms with Crippen LogP contribution >= 0.6 is 22.9 Å². The molecule has 0 fully saturated rings. The highest BCUT2D eigenvalue weighted by molar-refractivity contribution is 7.18. The Kier molecular flexibility index (Phi) is 3.78. The molecule has 0 saturated heterocycles. The molecule has 18 heavy (non-hydrogen) atoms. The van der Waals surface area contributed by atoms with E-state index in [0.717, 1.165) is 27.1 Å². The average Bonchev–Trinajstić information content (AvgIpc) is 2.64. The van der Waals surface area contributed by atoms with E-state index in [4.69, 9.17) is 11.6 Å². The maximum atomic E-state index is 12.2. The Labute approximate surface area is 115 Å². The van der Waals surface area contributed by atoms with E-state index in [9.17, 15) is 4.79 Å². The minimum Gasteiger partial charge on any atom is -0.309 e. The normalized spacial score (nSPS) is 13.4. The summed E-state index contributed by atoms with van der Waals surface area (Å²) in [5, 5.41) is 0.503. The van der Waals surface area contributed by atoms with Gasteiger partial charge in [0.25, 0.3) is 5.56 Å². The SMILES string of the molecule is CCC(Cl)c1nc2sc(C)c(C(C)C)c2c(=O)[nH]1. The van der Waals surface area contributed by atoms with Crippen molar-refractivity contribution in [3.63, 3.8) is 0 Å². The van der Waals surface area contributed by atoms with Gasteiger partial charge in [0.05, 0.1) is 10.8 Å². The first-order chi connectivity index (χ1) is 8.45. The molecule has 0 aliphatic heterocycles. The fourth-order valence-corrected chi connectivity index (χ4v) is 3.48. The number of hydrogen-bond acceptors (Lipinski definition) is 3. The van der Waals surface area contributed by atoms with Gasteiger partial charge in [-0.05, 0) is 24.8 Å². The van der Waals surface area contributed by atoms with Gasteiger partial charge in [-0.3, -0.25) is 4.79 Å². The van der Waals surface area contributed by atoms with Crippen molar-refractivity contribution >= 4 is 33.2 Å². The van der Waals surface area contributed by atoms with Gasteiger partial charge >= 0.3 is 0 Å². The first kappa shape index (κ1) is 13.6. The Bertz CT molecular complexity index is 630. The second-order valence-corrected chi connectivity index (χ2v) is 6.46. The van der Waals surface area contributed by atoms with Gasteiger partial charge in [-0.25, -0.2) is 4.98 Å². The highest BCUT2D eigenvalue weighted by atomic mass is 35.5. The molecule has 2 aromatic rings. The highest BCUT2D eigenvalue weighted by Crippen LogP contribution is 2.33. The third kappa shape index (κ3) is 2.19. The lowest BCUT2D eigenvalue weighted by Crippen LogP contribution is -2.13. The quantitative estimate of drug-likeness (QED) is 0.862. The Morgan fingerprint density at radius 3 is 2.67 bits per heavy atom. The van der Waals surface area contributed by atoms with E-state index < -0.39 is 0 Å². The maximum absolute atomic E-state index is 12.2. The van der Waals surface area contributed by atoms with Crippen LogP contribution in [0.1, 0.15) is 54.8 Å². The lowest BCUT2D eigenvalue weighted by molar-refractivity contribution is 0.805. The fraction of sp³-hybridized carbons (Fsp3) is 0.538. The molecule has 0 aliphatic rings. The van der Waals surface area contributed by atoms with Gasteiger partial charge in [-0.15, -0.1) is 22.9 Å². The van der Waals surface area contributed by atoms with Crippen molar-refractivity contribution in [2.24, 2.45) is 0 Å². The van der Waals surface area contributed by atoms with Crippen molar-refractivity contribution in [3.05, 3.63) is 26.6 Å². The van der Waals surface area contributed by atoms with E-state index in [1.807, 2.05) is 13.8 Å². The van der Waals surface area contributed by atoms with Gasteiger partial charge in [-0.1, -0.05) is 20.8 Å². The Hall–Kier alpha value is -0.870. The van der Waals surface area contributed by atoms with Crippen LogP contribution in [0, 0.1) is 6.92 Å². The molecular weight excluding hydrogens is 268 g/mol. The molecule has 0 aliphatic carbocycles. The molecule has 0 amide bonds. The number of halogens is 1. The maximum Gasteiger partial charge on any atom is 0.259 e. The zero-order chi connectivity index (χ0) is 13.4. The Balaban J connectivity index is 2.74. The average molecular weight is 285 g/mol. The van der Waals surface area contributed by atoms with Crippen molar-refractivity contribution in [2.75, 3.05) is 0 Å². The minimum absolute atomic E-state index is 0.0675. The molecule has 1 N–H and O–H groups in total. The van der Waals surface area contributed by atoms with Gasteiger partial charge in [-0.2, -0.15) is 0 Å². The summed E-state index contributed by atoms with van der Waals surface area (Å²) in [7, 11) is 0. The van der Waals surface area contributed by atoms with Gasteiger partial charge in [0, 0.05) is 4.88 Å². The van der Waals surface area contributed by atoms with Crippen LogP contribution in [0.4, 0.5) is 0 Å². The van der Waals surface area contributed by atoms with Gasteiger partial charge in [0.2, 0.25) is 0 Å². The first-order valence-corrected chi connectivity index (χ1v) is 7.38. The van der Waals surface area contributed by atoms with Crippen LogP contribution in [0.3, 0.4) is 0 Å². The third-order valence-electron chi connectivity index (χ3n) is 3.04. The topological polar surface area (TPSA) is 45.8 Å². The number of aromatic amines is 1. The number of rotatable bonds is 3. The van der Waals surface area contributed by atoms with Crippen molar-refractivity contribution in [1.82, 2.24) is 9.97 Å². The zero-order valence-corrected chi connectivity index (χ0v) is 12.6. The summed E-state index contributed by atoms with van der Waals surface area (Å²) in [6.07, 6.45) is 0.747. The molecule has 2 aromatic heterocycles. The van der Waals surface area contributed by atoms with Crippen LogP contribution in [0.5, 0.6) is 0 Å². The third-order valence-corrected chi connectivity index (χ3v) is 4.57. The molecule has 1 atom stereocenters. The van der Waals surface area contributed by atoms with Crippen LogP contribution < -0.4 is 5.56 Å². The summed E-state index contributed by atoms with van der Waals surface area (Å²) >= 11 is 7.72. The van der Waals surface area contributed by atoms with E-state index in [2.05, 4.69) is 23.8 Å². The van der Waals surface area contributed by atoms with E-state index in [1.165, 1.54) is 0 Å². The second kappa shape index (κ2) is 5.02. The zero-order valence-electron chi connectivity index (χ0n) is 11.0. The largest absolute Gasteiger partial charge is 0.309 e. The lowest BCUT2D eigenvalue weighted by atomic mass is 10.0. The van der Waals surface area contributed by atoms with E-state index in [-0.39, 0.29) is 10.9 Å². The Morgan fingerprint density at radius 1 is 1.44 bits per heavy atom. The van der Waals surface area contributed by atoms with Gasteiger partial charge in [0.15, 0.2) is 0 Å². The molecule has 2 rings (SSSR count). The number of H-pyrrole nitrogens is 1. The molecule has 0 spiro atoms. The number of nitrogens with zero attached hydrogens (tertiary/aromatic N) is 1. The van der Waals surface area contributed by atoms with Gasteiger partial charge in [0.1, 0.15) is 10.7 Å². The van der Waals surface area contributed by atoms with Crippen molar-refractivity contribution in [1.29, 1.82) is 0 Å². The Morgan fingerprint density at radius 2 is 2.11 bits per heavy atom. The minimum atomic E-state index is -0.230. The smallest absolute Gasteiger partial charge is 0.259 e. The fourth-order valence-electron chi connectivity index (χ4n) is 2.19. The molecule has 2 heterocycles. The summed E-state index contributed by atoms with van der Waals surface area (Å²) in [4.78, 5) is 21.5. The molecule has 3 nitrogen and oxygen atoms in total. The predicted octanol–water partition coefficient (Wildman–Crippen LogP) is 4.11. The second-order valence-electron chi connectivity index (χ2n) is 4.73. The van der Waals surface area contributed by atoms with Crippen LogP contribution in [0.25, 0.3) is 10.2 Å². The summed E-state index contributed by atoms with van der Waals surface area (Å²) in [6.45, 7) is 8.20. The molecule has 5 heteroatoms. The standard InChI is InChI=1S/C13H17ClN2OS/c1-5-8(14)11-15-12(17)10-9(6(2)3)7(4)18-13(10)16-11/h6,8H,5H2,1-4H3,(H,15,16,17). The predicted molar refractivity (Wildman–Crippen MR) is 78.0 cm³/mol. The summed E-state index contributed by atoms with van der Waals surface area (Å²) < 4.78 is 0. The van der Waals surface area contributed by atoms with Crippen LogP contribution in [-0.4, -0.2) is 9.97 Å². The molecule has 98 valence electrons. The van der Waals surface area contributed by atoms with Crippen molar-refractivity contribution in [3.8, 4) is 0 Å². The molecule has 0 saturated carbocycles. The summed E-state index contributed by atoms with van der Waals surface area (Å²) in [5.74, 6) is 0.902. The van der Waals surface area contributed by atoms with E-state index in [0.29, 0.717) is 11.7 Å². The number of thiophene rings is 1. The van der Waals surface area contributed by atoms with Crippen molar-refractivity contribution < 1.29 is 0 Å². The van der Waals surface area contributed by atoms with Gasteiger partial charge < -0.3 is 4.98 Å². The number of nitrogens with one attached hydrogen (secondary N) is 1. The first-order valence-electron chi connectivity index (χ1n) is 6.13. The summed E-state index contributed by atoms with van der Waals surface area (Å²) in [6, 6.07) is 0.